The second-order valence-corrected chi connectivity index (χ2v) is 6.78. The highest BCUT2D eigenvalue weighted by atomic mass is 32.1. The first-order valence-electron chi connectivity index (χ1n) is 7.69. The van der Waals surface area contributed by atoms with Gasteiger partial charge in [-0.05, 0) is 31.4 Å². The molecule has 0 spiro atoms. The van der Waals surface area contributed by atoms with Crippen LogP contribution in [-0.4, -0.2) is 34.3 Å². The predicted octanol–water partition coefficient (Wildman–Crippen LogP) is 3.29. The van der Waals surface area contributed by atoms with Crippen LogP contribution in [0.4, 0.5) is 0 Å². The van der Waals surface area contributed by atoms with Crippen LogP contribution in [-0.2, 0) is 0 Å². The monoisotopic (exact) mass is 329 g/mol. The van der Waals surface area contributed by atoms with E-state index in [1.165, 1.54) is 18.3 Å². The first-order valence-corrected chi connectivity index (χ1v) is 8.57. The Morgan fingerprint density at radius 3 is 2.57 bits per heavy atom. The van der Waals surface area contributed by atoms with Gasteiger partial charge in [-0.3, -0.25) is 9.59 Å². The molecule has 1 fully saturated rings. The topological polar surface area (TPSA) is 57.6 Å². The van der Waals surface area contributed by atoms with E-state index in [1.54, 1.807) is 16.3 Å². The average Bonchev–Trinajstić information content (AvgIpc) is 3.27. The second-order valence-electron chi connectivity index (χ2n) is 5.87. The van der Waals surface area contributed by atoms with Crippen LogP contribution in [0.15, 0.2) is 41.8 Å². The van der Waals surface area contributed by atoms with E-state index in [0.29, 0.717) is 10.4 Å². The summed E-state index contributed by atoms with van der Waals surface area (Å²) in [4.78, 5) is 26.4. The minimum atomic E-state index is -0.701. The summed E-state index contributed by atoms with van der Waals surface area (Å²) < 4.78 is 0. The maximum atomic E-state index is 12.7. The number of hydrogen-bond donors (Lipinski definition) is 1. The first-order chi connectivity index (χ1) is 11.1. The molecule has 1 aromatic heterocycles. The Kier molecular flexibility index (Phi) is 4.59. The molecule has 5 heteroatoms. The van der Waals surface area contributed by atoms with Crippen molar-refractivity contribution in [2.45, 2.75) is 31.9 Å². The van der Waals surface area contributed by atoms with E-state index >= 15 is 0 Å². The van der Waals surface area contributed by atoms with Crippen LogP contribution in [0.1, 0.15) is 51.5 Å². The van der Waals surface area contributed by atoms with E-state index < -0.39 is 6.10 Å². The third-order valence-electron chi connectivity index (χ3n) is 4.02. The summed E-state index contributed by atoms with van der Waals surface area (Å²) in [7, 11) is 0. The summed E-state index contributed by atoms with van der Waals surface area (Å²) in [6.45, 7) is 1.77. The van der Waals surface area contributed by atoms with Gasteiger partial charge in [0.2, 0.25) is 0 Å². The molecular formula is C18H19NO3S. The van der Waals surface area contributed by atoms with Gasteiger partial charge in [0.15, 0.2) is 5.78 Å². The molecule has 1 amide bonds. The highest BCUT2D eigenvalue weighted by molar-refractivity contribution is 7.12. The zero-order valence-electron chi connectivity index (χ0n) is 12.9. The van der Waals surface area contributed by atoms with Crippen molar-refractivity contribution in [2.75, 3.05) is 6.54 Å². The molecule has 0 radical (unpaired) electrons. The van der Waals surface area contributed by atoms with Gasteiger partial charge in [0.1, 0.15) is 0 Å². The summed E-state index contributed by atoms with van der Waals surface area (Å²) in [6, 6.07) is 11.2. The summed E-state index contributed by atoms with van der Waals surface area (Å²) in [5.74, 6) is -0.137. The van der Waals surface area contributed by atoms with E-state index in [4.69, 9.17) is 0 Å². The van der Waals surface area contributed by atoms with Crippen LogP contribution in [0.25, 0.3) is 0 Å². The molecule has 1 N–H and O–H groups in total. The second kappa shape index (κ2) is 6.64. The van der Waals surface area contributed by atoms with Gasteiger partial charge < -0.3 is 10.0 Å². The lowest BCUT2D eigenvalue weighted by Crippen LogP contribution is -2.36. The number of Topliss-reactive ketones (excluding diaryl/α,β-unsaturated/α-hetero) is 1. The summed E-state index contributed by atoms with van der Waals surface area (Å²) in [6.07, 6.45) is 1.24. The normalized spacial score (nSPS) is 15.2. The van der Waals surface area contributed by atoms with E-state index in [0.717, 1.165) is 18.4 Å². The van der Waals surface area contributed by atoms with E-state index in [9.17, 15) is 14.7 Å². The number of benzene rings is 1. The highest BCUT2D eigenvalue weighted by Gasteiger charge is 2.35. The number of thiophene rings is 1. The molecule has 0 saturated heterocycles. The quantitative estimate of drug-likeness (QED) is 0.827. The number of carbonyl (C=O) groups excluding carboxylic acids is 2. The fourth-order valence-corrected chi connectivity index (χ4v) is 3.43. The number of rotatable bonds is 6. The molecule has 120 valence electrons. The molecule has 3 rings (SSSR count). The van der Waals surface area contributed by atoms with Crippen molar-refractivity contribution in [3.8, 4) is 0 Å². The maximum Gasteiger partial charge on any atom is 0.264 e. The Hall–Kier alpha value is -1.98. The molecular weight excluding hydrogens is 310 g/mol. The van der Waals surface area contributed by atoms with Gasteiger partial charge in [0.05, 0.1) is 17.5 Å². The van der Waals surface area contributed by atoms with Gasteiger partial charge in [0.25, 0.3) is 5.91 Å². The van der Waals surface area contributed by atoms with Gasteiger partial charge in [-0.1, -0.05) is 30.3 Å². The Balaban J connectivity index is 1.76. The Labute approximate surface area is 139 Å². The molecule has 0 aliphatic heterocycles. The molecule has 1 atom stereocenters. The number of aliphatic hydroxyl groups is 1. The van der Waals surface area contributed by atoms with Crippen molar-refractivity contribution in [3.05, 3.63) is 57.8 Å². The van der Waals surface area contributed by atoms with E-state index in [-0.39, 0.29) is 24.3 Å². The van der Waals surface area contributed by atoms with Gasteiger partial charge in [0, 0.05) is 17.0 Å². The molecule has 1 aliphatic rings. The molecule has 1 heterocycles. The molecule has 1 saturated carbocycles. The standard InChI is InChI=1S/C18H19NO3S/c1-12(20)14-9-17(23-11-14)18(22)19(15-7-8-15)10-16(21)13-5-3-2-4-6-13/h2-6,9,11,15-16,21H,7-8,10H2,1H3/t16-/m0/s1. The largest absolute Gasteiger partial charge is 0.387 e. The zero-order chi connectivity index (χ0) is 16.4. The Bertz CT molecular complexity index is 706. The molecule has 0 bridgehead atoms. The smallest absolute Gasteiger partial charge is 0.264 e. The number of ketones is 1. The van der Waals surface area contributed by atoms with Crippen LogP contribution in [0.2, 0.25) is 0 Å². The average molecular weight is 329 g/mol. The van der Waals surface area contributed by atoms with Crippen molar-refractivity contribution in [1.29, 1.82) is 0 Å². The number of carbonyl (C=O) groups is 2. The summed E-state index contributed by atoms with van der Waals surface area (Å²) in [5, 5.41) is 12.1. The highest BCUT2D eigenvalue weighted by Crippen LogP contribution is 2.31. The molecule has 1 aromatic carbocycles. The van der Waals surface area contributed by atoms with Crippen molar-refractivity contribution in [2.24, 2.45) is 0 Å². The van der Waals surface area contributed by atoms with Crippen LogP contribution < -0.4 is 0 Å². The Morgan fingerprint density at radius 2 is 2.00 bits per heavy atom. The van der Waals surface area contributed by atoms with Gasteiger partial charge in [-0.25, -0.2) is 0 Å². The molecule has 0 unspecified atom stereocenters. The lowest BCUT2D eigenvalue weighted by Gasteiger charge is -2.25. The van der Waals surface area contributed by atoms with Gasteiger partial charge in [-0.15, -0.1) is 11.3 Å². The first kappa shape index (κ1) is 15.9. The summed E-state index contributed by atoms with van der Waals surface area (Å²) in [5.41, 5.74) is 1.37. The third-order valence-corrected chi connectivity index (χ3v) is 4.94. The van der Waals surface area contributed by atoms with Crippen molar-refractivity contribution >= 4 is 23.0 Å². The molecule has 1 aliphatic carbocycles. The van der Waals surface area contributed by atoms with Crippen molar-refractivity contribution in [3.63, 3.8) is 0 Å². The molecule has 4 nitrogen and oxygen atoms in total. The van der Waals surface area contributed by atoms with Crippen LogP contribution >= 0.6 is 11.3 Å². The molecule has 2 aromatic rings. The molecule has 23 heavy (non-hydrogen) atoms. The minimum Gasteiger partial charge on any atom is -0.387 e. The fraction of sp³-hybridized carbons (Fsp3) is 0.333. The predicted molar refractivity (Wildman–Crippen MR) is 89.8 cm³/mol. The third kappa shape index (κ3) is 3.68. The SMILES string of the molecule is CC(=O)c1csc(C(=O)N(C[C@H](O)c2ccccc2)C2CC2)c1. The van der Waals surface area contributed by atoms with Crippen LogP contribution in [0.3, 0.4) is 0 Å². The zero-order valence-corrected chi connectivity index (χ0v) is 13.8. The summed E-state index contributed by atoms with van der Waals surface area (Å²) >= 11 is 1.29. The van der Waals surface area contributed by atoms with Crippen molar-refractivity contribution < 1.29 is 14.7 Å². The maximum absolute atomic E-state index is 12.7. The number of amides is 1. The lowest BCUT2D eigenvalue weighted by molar-refractivity contribution is 0.0608. The van der Waals surface area contributed by atoms with Crippen LogP contribution in [0.5, 0.6) is 0 Å². The van der Waals surface area contributed by atoms with Crippen LogP contribution in [0, 0.1) is 0 Å². The minimum absolute atomic E-state index is 0.0393. The van der Waals surface area contributed by atoms with E-state index in [2.05, 4.69) is 0 Å². The lowest BCUT2D eigenvalue weighted by atomic mass is 10.1. The number of aliphatic hydroxyl groups excluding tert-OH is 1. The van der Waals surface area contributed by atoms with Gasteiger partial charge in [-0.2, -0.15) is 0 Å². The fourth-order valence-electron chi connectivity index (χ4n) is 2.53. The number of hydrogen-bond acceptors (Lipinski definition) is 4. The van der Waals surface area contributed by atoms with Gasteiger partial charge >= 0.3 is 0 Å². The number of nitrogens with zero attached hydrogens (tertiary/aromatic N) is 1. The van der Waals surface area contributed by atoms with E-state index in [1.807, 2.05) is 30.3 Å². The Morgan fingerprint density at radius 1 is 1.30 bits per heavy atom. The van der Waals surface area contributed by atoms with Crippen molar-refractivity contribution in [1.82, 2.24) is 4.90 Å².